The van der Waals surface area contributed by atoms with Gasteiger partial charge in [0.25, 0.3) is 0 Å². The van der Waals surface area contributed by atoms with Gasteiger partial charge in [-0.05, 0) is 25.8 Å². The van der Waals surface area contributed by atoms with Gasteiger partial charge in [-0.1, -0.05) is 12.8 Å². The van der Waals surface area contributed by atoms with E-state index in [0.29, 0.717) is 17.3 Å². The molecule has 2 heterocycles. The fourth-order valence-corrected chi connectivity index (χ4v) is 2.37. The molecule has 2 N–H and O–H groups in total. The SMILES string of the molecule is CC1CCCCCN1c1ncc(N)cc1C#N. The molecule has 4 heteroatoms. The number of nitrogens with two attached hydrogens (primary N) is 1. The molecule has 1 aromatic heterocycles. The first-order chi connectivity index (χ1) is 8.22. The van der Waals surface area contributed by atoms with Gasteiger partial charge in [0.15, 0.2) is 0 Å². The Morgan fingerprint density at radius 3 is 3.06 bits per heavy atom. The highest BCUT2D eigenvalue weighted by atomic mass is 15.2. The molecule has 1 saturated heterocycles. The van der Waals surface area contributed by atoms with Gasteiger partial charge in [-0.25, -0.2) is 4.98 Å². The van der Waals surface area contributed by atoms with Crippen molar-refractivity contribution >= 4 is 11.5 Å². The van der Waals surface area contributed by atoms with E-state index in [0.717, 1.165) is 18.8 Å². The molecule has 1 fully saturated rings. The predicted molar refractivity (Wildman–Crippen MR) is 68.6 cm³/mol. The third kappa shape index (κ3) is 2.50. The number of rotatable bonds is 1. The molecule has 1 unspecified atom stereocenters. The minimum absolute atomic E-state index is 0.445. The first kappa shape index (κ1) is 11.7. The van der Waals surface area contributed by atoms with E-state index in [9.17, 15) is 0 Å². The smallest absolute Gasteiger partial charge is 0.146 e. The molecular weight excluding hydrogens is 212 g/mol. The Bertz CT molecular complexity index is 436. The van der Waals surface area contributed by atoms with Crippen LogP contribution in [0.2, 0.25) is 0 Å². The van der Waals surface area contributed by atoms with Gasteiger partial charge in [0.2, 0.25) is 0 Å². The summed E-state index contributed by atoms with van der Waals surface area (Å²) in [5, 5.41) is 9.16. The Balaban J connectivity index is 2.34. The number of hydrogen-bond acceptors (Lipinski definition) is 4. The van der Waals surface area contributed by atoms with Gasteiger partial charge in [0.1, 0.15) is 11.9 Å². The van der Waals surface area contributed by atoms with Crippen LogP contribution in [-0.4, -0.2) is 17.6 Å². The van der Waals surface area contributed by atoms with Crippen LogP contribution in [-0.2, 0) is 0 Å². The van der Waals surface area contributed by atoms with E-state index in [4.69, 9.17) is 11.0 Å². The average molecular weight is 230 g/mol. The van der Waals surface area contributed by atoms with E-state index >= 15 is 0 Å². The highest BCUT2D eigenvalue weighted by Crippen LogP contribution is 2.25. The van der Waals surface area contributed by atoms with Gasteiger partial charge in [0, 0.05) is 12.6 Å². The molecule has 0 saturated carbocycles. The number of aromatic nitrogens is 1. The number of nitrogen functional groups attached to an aromatic ring is 1. The molecule has 0 spiro atoms. The summed E-state index contributed by atoms with van der Waals surface area (Å²) in [6.45, 7) is 3.18. The van der Waals surface area contributed by atoms with Crippen molar-refractivity contribution in [3.05, 3.63) is 17.8 Å². The molecule has 2 rings (SSSR count). The van der Waals surface area contributed by atoms with Crippen molar-refractivity contribution in [2.75, 3.05) is 17.2 Å². The van der Waals surface area contributed by atoms with Crippen molar-refractivity contribution in [3.63, 3.8) is 0 Å². The molecule has 1 aliphatic rings. The summed E-state index contributed by atoms with van der Waals surface area (Å²) in [7, 11) is 0. The summed E-state index contributed by atoms with van der Waals surface area (Å²) in [5.41, 5.74) is 6.80. The number of anilines is 2. The van der Waals surface area contributed by atoms with E-state index in [1.54, 1.807) is 12.3 Å². The Labute approximate surface area is 102 Å². The van der Waals surface area contributed by atoms with E-state index in [2.05, 4.69) is 22.9 Å². The van der Waals surface area contributed by atoms with Gasteiger partial charge in [0.05, 0.1) is 17.4 Å². The van der Waals surface area contributed by atoms with E-state index in [-0.39, 0.29) is 0 Å². The zero-order valence-electron chi connectivity index (χ0n) is 10.2. The lowest BCUT2D eigenvalue weighted by Crippen LogP contribution is -2.33. The van der Waals surface area contributed by atoms with Crippen molar-refractivity contribution in [2.24, 2.45) is 0 Å². The zero-order valence-corrected chi connectivity index (χ0v) is 10.2. The molecule has 0 aliphatic carbocycles. The van der Waals surface area contributed by atoms with Crippen LogP contribution < -0.4 is 10.6 Å². The van der Waals surface area contributed by atoms with E-state index in [1.807, 2.05) is 0 Å². The maximum Gasteiger partial charge on any atom is 0.146 e. The largest absolute Gasteiger partial charge is 0.397 e. The minimum Gasteiger partial charge on any atom is -0.397 e. The first-order valence-electron chi connectivity index (χ1n) is 6.14. The van der Waals surface area contributed by atoms with Gasteiger partial charge in [-0.3, -0.25) is 0 Å². The fourth-order valence-electron chi connectivity index (χ4n) is 2.37. The second-order valence-corrected chi connectivity index (χ2v) is 4.64. The maximum atomic E-state index is 9.16. The lowest BCUT2D eigenvalue weighted by molar-refractivity contribution is 0.611. The zero-order chi connectivity index (χ0) is 12.3. The van der Waals surface area contributed by atoms with Gasteiger partial charge < -0.3 is 10.6 Å². The monoisotopic (exact) mass is 230 g/mol. The third-order valence-electron chi connectivity index (χ3n) is 3.33. The van der Waals surface area contributed by atoms with Crippen LogP contribution in [0.1, 0.15) is 38.2 Å². The van der Waals surface area contributed by atoms with Crippen LogP contribution in [0.15, 0.2) is 12.3 Å². The van der Waals surface area contributed by atoms with Crippen LogP contribution >= 0.6 is 0 Å². The Morgan fingerprint density at radius 1 is 1.47 bits per heavy atom. The van der Waals surface area contributed by atoms with Crippen molar-refractivity contribution in [1.82, 2.24) is 4.98 Å². The molecule has 0 bridgehead atoms. The van der Waals surface area contributed by atoms with Crippen molar-refractivity contribution in [2.45, 2.75) is 38.6 Å². The van der Waals surface area contributed by atoms with Crippen LogP contribution in [0.4, 0.5) is 11.5 Å². The summed E-state index contributed by atoms with van der Waals surface area (Å²) in [4.78, 5) is 6.58. The quantitative estimate of drug-likeness (QED) is 0.804. The molecular formula is C13H18N4. The number of pyridine rings is 1. The van der Waals surface area contributed by atoms with Crippen LogP contribution in [0.3, 0.4) is 0 Å². The Hall–Kier alpha value is -1.76. The molecule has 1 aromatic rings. The summed E-state index contributed by atoms with van der Waals surface area (Å²) in [6.07, 6.45) is 6.48. The second kappa shape index (κ2) is 5.05. The van der Waals surface area contributed by atoms with Gasteiger partial charge in [-0.2, -0.15) is 5.26 Å². The number of hydrogen-bond donors (Lipinski definition) is 1. The normalized spacial score (nSPS) is 20.7. The Kier molecular flexibility index (Phi) is 3.48. The van der Waals surface area contributed by atoms with Gasteiger partial charge in [-0.15, -0.1) is 0 Å². The summed E-state index contributed by atoms with van der Waals surface area (Å²) >= 11 is 0. The highest BCUT2D eigenvalue weighted by Gasteiger charge is 2.20. The van der Waals surface area contributed by atoms with Crippen molar-refractivity contribution in [1.29, 1.82) is 5.26 Å². The van der Waals surface area contributed by atoms with Gasteiger partial charge >= 0.3 is 0 Å². The molecule has 0 radical (unpaired) electrons. The molecule has 17 heavy (non-hydrogen) atoms. The third-order valence-corrected chi connectivity index (χ3v) is 3.33. The Morgan fingerprint density at radius 2 is 2.29 bits per heavy atom. The summed E-state index contributed by atoms with van der Waals surface area (Å²) in [6, 6.07) is 4.34. The average Bonchev–Trinajstić information content (AvgIpc) is 2.54. The maximum absolute atomic E-state index is 9.16. The molecule has 0 amide bonds. The van der Waals surface area contributed by atoms with Crippen molar-refractivity contribution in [3.8, 4) is 6.07 Å². The van der Waals surface area contributed by atoms with E-state index < -0.39 is 0 Å². The second-order valence-electron chi connectivity index (χ2n) is 4.64. The summed E-state index contributed by atoms with van der Waals surface area (Å²) in [5.74, 6) is 0.788. The molecule has 1 atom stereocenters. The van der Waals surface area contributed by atoms with Crippen LogP contribution in [0, 0.1) is 11.3 Å². The standard InChI is InChI=1S/C13H18N4/c1-10-5-3-2-4-6-17(10)13-11(8-14)7-12(15)9-16-13/h7,9-10H,2-6,15H2,1H3. The van der Waals surface area contributed by atoms with Crippen molar-refractivity contribution < 1.29 is 0 Å². The highest BCUT2D eigenvalue weighted by molar-refractivity contribution is 5.59. The van der Waals surface area contributed by atoms with Crippen LogP contribution in [0.25, 0.3) is 0 Å². The first-order valence-corrected chi connectivity index (χ1v) is 6.14. The predicted octanol–water partition coefficient (Wildman–Crippen LogP) is 2.30. The molecule has 1 aliphatic heterocycles. The lowest BCUT2D eigenvalue weighted by Gasteiger charge is -2.28. The fraction of sp³-hybridized carbons (Fsp3) is 0.538. The number of nitriles is 1. The minimum atomic E-state index is 0.445. The molecule has 4 nitrogen and oxygen atoms in total. The lowest BCUT2D eigenvalue weighted by atomic mass is 10.1. The number of nitrogens with zero attached hydrogens (tertiary/aromatic N) is 3. The van der Waals surface area contributed by atoms with E-state index in [1.165, 1.54) is 19.3 Å². The van der Waals surface area contributed by atoms with Crippen LogP contribution in [0.5, 0.6) is 0 Å². The topological polar surface area (TPSA) is 65.9 Å². The molecule has 90 valence electrons. The summed E-state index contributed by atoms with van der Waals surface area (Å²) < 4.78 is 0. The molecule has 0 aromatic carbocycles.